The van der Waals surface area contributed by atoms with Crippen molar-refractivity contribution in [2.45, 2.75) is 64.7 Å². The number of rotatable bonds is 13. The van der Waals surface area contributed by atoms with E-state index in [2.05, 4.69) is 110 Å². The van der Waals surface area contributed by atoms with Crippen molar-refractivity contribution in [3.63, 3.8) is 0 Å². The second-order valence-electron chi connectivity index (χ2n) is 11.0. The van der Waals surface area contributed by atoms with Gasteiger partial charge in [-0.05, 0) is 83.8 Å². The average molecular weight is 586 g/mol. The van der Waals surface area contributed by atoms with Crippen LogP contribution in [0.1, 0.15) is 76.0 Å². The highest BCUT2D eigenvalue weighted by molar-refractivity contribution is 9.10. The van der Waals surface area contributed by atoms with Crippen LogP contribution in [-0.4, -0.2) is 33.5 Å². The first-order valence-electron chi connectivity index (χ1n) is 14.5. The molecule has 0 saturated carbocycles. The summed E-state index contributed by atoms with van der Waals surface area (Å²) in [5, 5.41) is 0. The summed E-state index contributed by atoms with van der Waals surface area (Å²) in [4.78, 5) is 14.9. The van der Waals surface area contributed by atoms with Crippen LogP contribution in [0, 0.1) is 0 Å². The number of ether oxygens (including phenoxy) is 1. The molecule has 0 bridgehead atoms. The molecule has 3 aromatic rings. The summed E-state index contributed by atoms with van der Waals surface area (Å²) in [6.45, 7) is 9.37. The first-order chi connectivity index (χ1) is 18.9. The van der Waals surface area contributed by atoms with Crippen LogP contribution in [0.2, 0.25) is 0 Å². The maximum atomic E-state index is 12.5. The third-order valence-electron chi connectivity index (χ3n) is 7.93. The summed E-state index contributed by atoms with van der Waals surface area (Å²) in [7, 11) is 2.15. The molecular formula is C34H41BBrNO2. The lowest BCUT2D eigenvalue weighted by molar-refractivity contribution is -0.137. The van der Waals surface area contributed by atoms with Crippen LogP contribution in [0.4, 0.5) is 5.69 Å². The van der Waals surface area contributed by atoms with E-state index in [0.717, 1.165) is 36.0 Å². The quantitative estimate of drug-likeness (QED) is 0.0903. The molecule has 1 aliphatic rings. The zero-order valence-electron chi connectivity index (χ0n) is 23.9. The first kappa shape index (κ1) is 29.2. The number of benzene rings is 3. The van der Waals surface area contributed by atoms with Gasteiger partial charge in [-0.25, -0.2) is 4.79 Å². The van der Waals surface area contributed by atoms with Crippen LogP contribution < -0.4 is 10.4 Å². The third kappa shape index (κ3) is 7.05. The van der Waals surface area contributed by atoms with Gasteiger partial charge in [-0.15, -0.1) is 0 Å². The molecule has 0 saturated heterocycles. The van der Waals surface area contributed by atoms with Crippen molar-refractivity contribution in [2.24, 2.45) is 0 Å². The van der Waals surface area contributed by atoms with Gasteiger partial charge in [0, 0.05) is 34.7 Å². The summed E-state index contributed by atoms with van der Waals surface area (Å²) < 4.78 is 6.69. The van der Waals surface area contributed by atoms with E-state index < -0.39 is 0 Å². The van der Waals surface area contributed by atoms with Crippen molar-refractivity contribution in [2.75, 3.05) is 24.6 Å². The van der Waals surface area contributed by atoms with Gasteiger partial charge in [0.2, 0.25) is 0 Å². The Labute approximate surface area is 244 Å². The van der Waals surface area contributed by atoms with E-state index >= 15 is 0 Å². The lowest BCUT2D eigenvalue weighted by Crippen LogP contribution is -2.25. The minimum absolute atomic E-state index is 0.105. The van der Waals surface area contributed by atoms with Gasteiger partial charge in [0.15, 0.2) is 0 Å². The average Bonchev–Trinajstić information content (AvgIpc) is 3.17. The molecule has 204 valence electrons. The van der Waals surface area contributed by atoms with Crippen molar-refractivity contribution in [3.8, 4) is 11.1 Å². The van der Waals surface area contributed by atoms with E-state index in [1.807, 2.05) is 6.08 Å². The van der Waals surface area contributed by atoms with Gasteiger partial charge in [-0.3, -0.25) is 0 Å². The number of esters is 1. The summed E-state index contributed by atoms with van der Waals surface area (Å²) in [6.07, 6.45) is 9.90. The van der Waals surface area contributed by atoms with Gasteiger partial charge in [0.05, 0.1) is 6.61 Å². The molecule has 1 aliphatic carbocycles. The normalized spacial score (nSPS) is 15.8. The minimum Gasteiger partial charge on any atom is -0.463 e. The second-order valence-corrected chi connectivity index (χ2v) is 11.9. The molecular weight excluding hydrogens is 545 g/mol. The molecule has 5 heteroatoms. The maximum Gasteiger partial charge on any atom is 0.330 e. The maximum absolute atomic E-state index is 12.5. The Morgan fingerprint density at radius 1 is 0.923 bits per heavy atom. The number of anilines is 1. The number of carbonyl (C=O) groups is 1. The molecule has 0 heterocycles. The van der Waals surface area contributed by atoms with E-state index in [4.69, 9.17) is 4.74 Å². The SMILES string of the molecule is Bc1ccc2c(c1)C(C)(CCCOC(=O)/C=C/c1ccc(N(CCCC)CCCC)cc1)c1cc(Br)ccc1-2. The molecule has 1 atom stereocenters. The monoisotopic (exact) mass is 585 g/mol. The number of hydrogen-bond acceptors (Lipinski definition) is 3. The molecule has 1 unspecified atom stereocenters. The number of hydrogen-bond donors (Lipinski definition) is 0. The Balaban J connectivity index is 1.32. The molecule has 0 fully saturated rings. The summed E-state index contributed by atoms with van der Waals surface area (Å²) in [5.74, 6) is -0.289. The van der Waals surface area contributed by atoms with Crippen molar-refractivity contribution >= 4 is 47.0 Å². The highest BCUT2D eigenvalue weighted by atomic mass is 79.9. The molecule has 3 nitrogen and oxygen atoms in total. The van der Waals surface area contributed by atoms with Crippen LogP contribution in [0.15, 0.2) is 71.2 Å². The second kappa shape index (κ2) is 13.5. The van der Waals surface area contributed by atoms with Crippen LogP contribution in [-0.2, 0) is 14.9 Å². The highest BCUT2D eigenvalue weighted by Gasteiger charge is 2.38. The molecule has 0 aromatic heterocycles. The molecule has 0 radical (unpaired) electrons. The Kier molecular flexibility index (Phi) is 10.1. The van der Waals surface area contributed by atoms with Crippen molar-refractivity contribution < 1.29 is 9.53 Å². The van der Waals surface area contributed by atoms with Gasteiger partial charge < -0.3 is 9.64 Å². The third-order valence-corrected chi connectivity index (χ3v) is 8.43. The van der Waals surface area contributed by atoms with E-state index in [1.165, 1.54) is 59.1 Å². The first-order valence-corrected chi connectivity index (χ1v) is 15.3. The molecule has 4 rings (SSSR count). The fraction of sp³-hybridized carbons (Fsp3) is 0.382. The Hall–Kier alpha value is -2.79. The predicted octanol–water partition coefficient (Wildman–Crippen LogP) is 7.44. The highest BCUT2D eigenvalue weighted by Crippen LogP contribution is 2.51. The Morgan fingerprint density at radius 2 is 1.56 bits per heavy atom. The Bertz CT molecular complexity index is 1240. The number of nitrogens with zero attached hydrogens (tertiary/aromatic N) is 1. The van der Waals surface area contributed by atoms with Crippen molar-refractivity contribution in [1.82, 2.24) is 0 Å². The molecule has 0 N–H and O–H groups in total. The van der Waals surface area contributed by atoms with Crippen molar-refractivity contribution in [3.05, 3.63) is 87.9 Å². The lowest BCUT2D eigenvalue weighted by Gasteiger charge is -2.28. The van der Waals surface area contributed by atoms with Gasteiger partial charge in [0.1, 0.15) is 7.85 Å². The molecule has 3 aromatic carbocycles. The summed E-state index contributed by atoms with van der Waals surface area (Å²) in [6, 6.07) is 21.8. The zero-order valence-corrected chi connectivity index (χ0v) is 25.5. The van der Waals surface area contributed by atoms with Crippen LogP contribution in [0.3, 0.4) is 0 Å². The molecule has 0 amide bonds. The van der Waals surface area contributed by atoms with E-state index in [9.17, 15) is 4.79 Å². The van der Waals surface area contributed by atoms with Crippen LogP contribution in [0.25, 0.3) is 17.2 Å². The van der Waals surface area contributed by atoms with Crippen LogP contribution >= 0.6 is 15.9 Å². The number of fused-ring (bicyclic) bond motifs is 3. The van der Waals surface area contributed by atoms with E-state index in [0.29, 0.717) is 6.61 Å². The van der Waals surface area contributed by atoms with Gasteiger partial charge in [-0.2, -0.15) is 0 Å². The lowest BCUT2D eigenvalue weighted by atomic mass is 9.75. The predicted molar refractivity (Wildman–Crippen MR) is 172 cm³/mol. The van der Waals surface area contributed by atoms with Gasteiger partial charge in [-0.1, -0.05) is 91.4 Å². The van der Waals surface area contributed by atoms with Gasteiger partial charge in [0.25, 0.3) is 0 Å². The fourth-order valence-corrected chi connectivity index (χ4v) is 6.01. The van der Waals surface area contributed by atoms with E-state index in [1.54, 1.807) is 6.08 Å². The Morgan fingerprint density at radius 3 is 2.23 bits per heavy atom. The minimum atomic E-state index is -0.289. The molecule has 39 heavy (non-hydrogen) atoms. The largest absolute Gasteiger partial charge is 0.463 e. The van der Waals surface area contributed by atoms with Crippen molar-refractivity contribution in [1.29, 1.82) is 0 Å². The molecule has 0 spiro atoms. The topological polar surface area (TPSA) is 29.5 Å². The van der Waals surface area contributed by atoms with Gasteiger partial charge >= 0.3 is 5.97 Å². The number of carbonyl (C=O) groups excluding carboxylic acids is 1. The smallest absolute Gasteiger partial charge is 0.330 e. The summed E-state index contributed by atoms with van der Waals surface area (Å²) >= 11 is 3.66. The molecule has 0 aliphatic heterocycles. The summed E-state index contributed by atoms with van der Waals surface area (Å²) in [5.41, 5.74) is 8.76. The standard InChI is InChI=1S/C34H41BBrNO2/c1-4-6-20-37(21-7-5-2)28-14-9-25(10-15-28)11-18-33(38)39-22-8-19-34(3)31-23-26(35)12-16-29(31)30-17-13-27(36)24-32(30)34/h9-18,23-24H,4-8,19-22,35H2,1-3H3/b18-11+. The van der Waals surface area contributed by atoms with E-state index in [-0.39, 0.29) is 11.4 Å². The number of unbranched alkanes of at least 4 members (excludes halogenated alkanes) is 2. The van der Waals surface area contributed by atoms with Crippen LogP contribution in [0.5, 0.6) is 0 Å². The fourth-order valence-electron chi connectivity index (χ4n) is 5.65. The number of halogens is 1. The zero-order chi connectivity index (χ0) is 27.8.